The smallest absolute Gasteiger partial charge is 0.271 e. The number of ether oxygens (including phenoxy) is 1. The SMILES string of the molecule is Cc1ccc([N+](=O)[O-])cc1NS(=O)(=O)c1ccc2c(c1)CCC(C)(C)O2. The van der Waals surface area contributed by atoms with Crippen LogP contribution < -0.4 is 9.46 Å². The van der Waals surface area contributed by atoms with Gasteiger partial charge in [-0.05, 0) is 62.9 Å². The van der Waals surface area contributed by atoms with E-state index < -0.39 is 14.9 Å². The van der Waals surface area contributed by atoms with Crippen LogP contribution in [0.5, 0.6) is 5.75 Å². The number of fused-ring (bicyclic) bond motifs is 1. The van der Waals surface area contributed by atoms with Crippen molar-refractivity contribution in [2.45, 2.75) is 44.1 Å². The fourth-order valence-corrected chi connectivity index (χ4v) is 4.01. The molecule has 0 saturated carbocycles. The van der Waals surface area contributed by atoms with Crippen LogP contribution in [0.3, 0.4) is 0 Å². The van der Waals surface area contributed by atoms with Crippen LogP contribution in [0.15, 0.2) is 41.3 Å². The predicted molar refractivity (Wildman–Crippen MR) is 98.1 cm³/mol. The molecule has 0 fully saturated rings. The summed E-state index contributed by atoms with van der Waals surface area (Å²) in [5.74, 6) is 0.687. The molecule has 2 aromatic carbocycles. The molecular formula is C18H20N2O5S. The number of hydrogen-bond acceptors (Lipinski definition) is 5. The van der Waals surface area contributed by atoms with Crippen molar-refractivity contribution in [3.8, 4) is 5.75 Å². The van der Waals surface area contributed by atoms with E-state index in [9.17, 15) is 18.5 Å². The Morgan fingerprint density at radius 2 is 1.92 bits per heavy atom. The lowest BCUT2D eigenvalue weighted by Gasteiger charge is -2.32. The lowest BCUT2D eigenvalue weighted by Crippen LogP contribution is -2.32. The highest BCUT2D eigenvalue weighted by Crippen LogP contribution is 2.35. The molecule has 0 aliphatic carbocycles. The van der Waals surface area contributed by atoms with E-state index in [0.29, 0.717) is 11.3 Å². The van der Waals surface area contributed by atoms with Gasteiger partial charge in [0.2, 0.25) is 0 Å². The molecule has 0 amide bonds. The molecule has 0 aromatic heterocycles. The zero-order valence-electron chi connectivity index (χ0n) is 14.8. The number of nitro benzene ring substituents is 1. The number of sulfonamides is 1. The Morgan fingerprint density at radius 3 is 2.62 bits per heavy atom. The third kappa shape index (κ3) is 3.65. The van der Waals surface area contributed by atoms with Crippen molar-refractivity contribution in [3.05, 3.63) is 57.6 Å². The van der Waals surface area contributed by atoms with Crippen molar-refractivity contribution in [1.29, 1.82) is 0 Å². The lowest BCUT2D eigenvalue weighted by molar-refractivity contribution is -0.384. The van der Waals surface area contributed by atoms with Gasteiger partial charge in [0.1, 0.15) is 11.4 Å². The predicted octanol–water partition coefficient (Wildman–Crippen LogP) is 3.81. The van der Waals surface area contributed by atoms with Crippen LogP contribution in [0.1, 0.15) is 31.4 Å². The largest absolute Gasteiger partial charge is 0.488 e. The summed E-state index contributed by atoms with van der Waals surface area (Å²) in [6.45, 7) is 5.67. The first-order chi connectivity index (χ1) is 12.1. The van der Waals surface area contributed by atoms with Crippen LogP contribution in [-0.2, 0) is 16.4 Å². The second kappa shape index (κ2) is 6.28. The summed E-state index contributed by atoms with van der Waals surface area (Å²) in [5, 5.41) is 10.9. The van der Waals surface area contributed by atoms with E-state index in [1.165, 1.54) is 24.3 Å². The molecule has 26 heavy (non-hydrogen) atoms. The minimum Gasteiger partial charge on any atom is -0.488 e. The maximum Gasteiger partial charge on any atom is 0.271 e. The molecule has 1 aliphatic heterocycles. The van der Waals surface area contributed by atoms with Gasteiger partial charge >= 0.3 is 0 Å². The molecule has 1 heterocycles. The van der Waals surface area contributed by atoms with Gasteiger partial charge in [-0.3, -0.25) is 14.8 Å². The molecule has 138 valence electrons. The second-order valence-electron chi connectivity index (χ2n) is 6.99. The molecule has 0 unspecified atom stereocenters. The Labute approximate surface area is 152 Å². The minimum absolute atomic E-state index is 0.102. The zero-order chi connectivity index (χ0) is 19.1. The van der Waals surface area contributed by atoms with E-state index in [0.717, 1.165) is 18.4 Å². The highest BCUT2D eigenvalue weighted by atomic mass is 32.2. The molecule has 0 spiro atoms. The molecule has 1 aliphatic rings. The Kier molecular flexibility index (Phi) is 4.39. The van der Waals surface area contributed by atoms with Gasteiger partial charge in [-0.15, -0.1) is 0 Å². The van der Waals surface area contributed by atoms with E-state index >= 15 is 0 Å². The number of non-ortho nitro benzene ring substituents is 1. The minimum atomic E-state index is -3.87. The zero-order valence-corrected chi connectivity index (χ0v) is 15.6. The molecular weight excluding hydrogens is 356 g/mol. The number of rotatable bonds is 4. The van der Waals surface area contributed by atoms with Gasteiger partial charge in [0, 0.05) is 12.1 Å². The van der Waals surface area contributed by atoms with Crippen molar-refractivity contribution in [3.63, 3.8) is 0 Å². The number of nitro groups is 1. The average Bonchev–Trinajstić information content (AvgIpc) is 2.55. The Hall–Kier alpha value is -2.61. The van der Waals surface area contributed by atoms with Gasteiger partial charge < -0.3 is 4.74 Å². The average molecular weight is 376 g/mol. The fourth-order valence-electron chi connectivity index (χ4n) is 2.84. The van der Waals surface area contributed by atoms with Gasteiger partial charge in [-0.1, -0.05) is 6.07 Å². The first-order valence-corrected chi connectivity index (χ1v) is 9.65. The van der Waals surface area contributed by atoms with E-state index in [1.54, 1.807) is 19.1 Å². The lowest BCUT2D eigenvalue weighted by atomic mass is 9.94. The van der Waals surface area contributed by atoms with Crippen LogP contribution in [0, 0.1) is 17.0 Å². The first kappa shape index (κ1) is 18.2. The summed E-state index contributed by atoms with van der Waals surface area (Å²) < 4.78 is 33.8. The third-order valence-corrected chi connectivity index (χ3v) is 5.76. The standard InChI is InChI=1S/C18H20N2O5S/c1-12-4-5-14(20(21)22)11-16(12)19-26(23,24)15-6-7-17-13(10-15)8-9-18(2,3)25-17/h4-7,10-11,19H,8-9H2,1-3H3. The van der Waals surface area contributed by atoms with E-state index in [2.05, 4.69) is 4.72 Å². The maximum atomic E-state index is 12.7. The summed E-state index contributed by atoms with van der Waals surface area (Å²) in [6.07, 6.45) is 1.52. The van der Waals surface area contributed by atoms with Crippen molar-refractivity contribution < 1.29 is 18.1 Å². The number of anilines is 1. The summed E-state index contributed by atoms with van der Waals surface area (Å²) >= 11 is 0. The van der Waals surface area contributed by atoms with Crippen molar-refractivity contribution in [2.75, 3.05) is 4.72 Å². The van der Waals surface area contributed by atoms with Gasteiger partial charge in [-0.2, -0.15) is 0 Å². The molecule has 0 bridgehead atoms. The Bertz CT molecular complexity index is 983. The van der Waals surface area contributed by atoms with Crippen molar-refractivity contribution >= 4 is 21.4 Å². The molecule has 8 heteroatoms. The van der Waals surface area contributed by atoms with Crippen molar-refractivity contribution in [1.82, 2.24) is 0 Å². The number of hydrogen-bond donors (Lipinski definition) is 1. The molecule has 3 rings (SSSR count). The van der Waals surface area contributed by atoms with Gasteiger partial charge in [0.25, 0.3) is 15.7 Å². The fraction of sp³-hybridized carbons (Fsp3) is 0.333. The van der Waals surface area contributed by atoms with Crippen molar-refractivity contribution in [2.24, 2.45) is 0 Å². The van der Waals surface area contributed by atoms with Gasteiger partial charge in [-0.25, -0.2) is 8.42 Å². The van der Waals surface area contributed by atoms with Crippen LogP contribution in [0.25, 0.3) is 0 Å². The third-order valence-electron chi connectivity index (χ3n) is 4.40. The molecule has 0 radical (unpaired) electrons. The number of nitrogens with zero attached hydrogens (tertiary/aromatic N) is 1. The monoisotopic (exact) mass is 376 g/mol. The summed E-state index contributed by atoms with van der Waals surface area (Å²) in [7, 11) is -3.87. The van der Waals surface area contributed by atoms with Gasteiger partial charge in [0.05, 0.1) is 15.5 Å². The Balaban J connectivity index is 1.92. The van der Waals surface area contributed by atoms with E-state index in [1.807, 2.05) is 13.8 Å². The highest BCUT2D eigenvalue weighted by molar-refractivity contribution is 7.92. The van der Waals surface area contributed by atoms with Crippen LogP contribution >= 0.6 is 0 Å². The molecule has 2 aromatic rings. The first-order valence-electron chi connectivity index (χ1n) is 8.17. The number of nitrogens with one attached hydrogen (secondary N) is 1. The van der Waals surface area contributed by atoms with Crippen LogP contribution in [0.2, 0.25) is 0 Å². The summed E-state index contributed by atoms with van der Waals surface area (Å²) in [6, 6.07) is 8.81. The van der Waals surface area contributed by atoms with Crippen LogP contribution in [0.4, 0.5) is 11.4 Å². The van der Waals surface area contributed by atoms with E-state index in [-0.39, 0.29) is 21.9 Å². The van der Waals surface area contributed by atoms with E-state index in [4.69, 9.17) is 4.74 Å². The number of aryl methyl sites for hydroxylation is 2. The molecule has 1 N–H and O–H groups in total. The van der Waals surface area contributed by atoms with Gasteiger partial charge in [0.15, 0.2) is 0 Å². The normalized spacial score (nSPS) is 15.7. The molecule has 7 nitrogen and oxygen atoms in total. The summed E-state index contributed by atoms with van der Waals surface area (Å²) in [5.41, 5.74) is 1.18. The van der Waals surface area contributed by atoms with Crippen LogP contribution in [-0.4, -0.2) is 18.9 Å². The maximum absolute atomic E-state index is 12.7. The topological polar surface area (TPSA) is 98.5 Å². The second-order valence-corrected chi connectivity index (χ2v) is 8.68. The molecule has 0 saturated heterocycles. The summed E-state index contributed by atoms with van der Waals surface area (Å²) in [4.78, 5) is 10.5. The quantitative estimate of drug-likeness (QED) is 0.646. The Morgan fingerprint density at radius 1 is 1.19 bits per heavy atom. The molecule has 0 atom stereocenters. The number of benzene rings is 2. The highest BCUT2D eigenvalue weighted by Gasteiger charge is 2.28.